The molecule has 182 valence electrons. The molecule has 9 nitrogen and oxygen atoms in total. The van der Waals surface area contributed by atoms with Crippen LogP contribution in [0.1, 0.15) is 38.1 Å². The third-order valence-corrected chi connectivity index (χ3v) is 8.04. The van der Waals surface area contributed by atoms with E-state index in [-0.39, 0.29) is 28.0 Å². The van der Waals surface area contributed by atoms with Gasteiger partial charge in [-0.05, 0) is 42.2 Å². The number of aromatic nitrogens is 1. The molecule has 3 rings (SSSR count). The lowest BCUT2D eigenvalue weighted by Gasteiger charge is -2.25. The van der Waals surface area contributed by atoms with Gasteiger partial charge in [-0.25, -0.2) is 8.42 Å². The lowest BCUT2D eigenvalue weighted by atomic mass is 10.2. The molecule has 0 saturated carbocycles. The van der Waals surface area contributed by atoms with Crippen molar-refractivity contribution in [3.8, 4) is 0 Å². The van der Waals surface area contributed by atoms with Crippen LogP contribution < -0.4 is 4.80 Å². The van der Waals surface area contributed by atoms with Crippen LogP contribution in [0.4, 0.5) is 5.69 Å². The standard InChI is InChI=1S/C23H28N4O5S2/c1-15(2)13-26(14-16(3)4)34(31,32)19-9-6-17(7-10-19)22(28)24-23-25(5)20-12-18(27(29)30)8-11-21(20)33-23/h6-12,15-16H,13-14H2,1-5H3. The topological polar surface area (TPSA) is 115 Å². The zero-order valence-electron chi connectivity index (χ0n) is 19.8. The number of aryl methyl sites for hydroxylation is 1. The summed E-state index contributed by atoms with van der Waals surface area (Å²) >= 11 is 1.24. The summed E-state index contributed by atoms with van der Waals surface area (Å²) < 4.78 is 30.2. The summed E-state index contributed by atoms with van der Waals surface area (Å²) in [5.74, 6) is -0.171. The molecule has 0 atom stereocenters. The molecule has 3 aromatic rings. The van der Waals surface area contributed by atoms with Gasteiger partial charge in [-0.1, -0.05) is 39.0 Å². The molecule has 11 heteroatoms. The van der Waals surface area contributed by atoms with Gasteiger partial charge in [0.15, 0.2) is 4.80 Å². The van der Waals surface area contributed by atoms with Crippen molar-refractivity contribution in [3.63, 3.8) is 0 Å². The minimum atomic E-state index is -3.69. The number of nitro benzene ring substituents is 1. The summed E-state index contributed by atoms with van der Waals surface area (Å²) in [4.78, 5) is 28.0. The van der Waals surface area contributed by atoms with Crippen molar-refractivity contribution < 1.29 is 18.1 Å². The van der Waals surface area contributed by atoms with Gasteiger partial charge in [-0.15, -0.1) is 0 Å². The smallest absolute Gasteiger partial charge is 0.279 e. The number of hydrogen-bond donors (Lipinski definition) is 0. The van der Waals surface area contributed by atoms with Gasteiger partial charge in [0.05, 0.1) is 20.0 Å². The molecule has 0 aliphatic carbocycles. The molecule has 0 aliphatic rings. The highest BCUT2D eigenvalue weighted by molar-refractivity contribution is 7.89. The second-order valence-electron chi connectivity index (χ2n) is 8.90. The number of sulfonamides is 1. The molecule has 0 bridgehead atoms. The molecule has 1 heterocycles. The molecule has 2 aromatic carbocycles. The first-order valence-corrected chi connectivity index (χ1v) is 13.1. The van der Waals surface area contributed by atoms with E-state index in [0.717, 1.165) is 4.70 Å². The van der Waals surface area contributed by atoms with Crippen LogP contribution in [0.25, 0.3) is 10.2 Å². The molecule has 0 aliphatic heterocycles. The Labute approximate surface area is 202 Å². The number of rotatable bonds is 8. The van der Waals surface area contributed by atoms with E-state index in [9.17, 15) is 23.3 Å². The number of hydrogen-bond acceptors (Lipinski definition) is 6. The highest BCUT2D eigenvalue weighted by atomic mass is 32.2. The van der Waals surface area contributed by atoms with E-state index >= 15 is 0 Å². The van der Waals surface area contributed by atoms with Crippen LogP contribution >= 0.6 is 11.3 Å². The molecule has 0 N–H and O–H groups in total. The van der Waals surface area contributed by atoms with Crippen LogP contribution in [-0.4, -0.2) is 41.2 Å². The first-order valence-electron chi connectivity index (χ1n) is 10.8. The lowest BCUT2D eigenvalue weighted by Crippen LogP contribution is -2.37. The van der Waals surface area contributed by atoms with Crippen LogP contribution in [0.15, 0.2) is 52.4 Å². The number of carbonyl (C=O) groups excluding carboxylic acids is 1. The van der Waals surface area contributed by atoms with Gasteiger partial charge in [0.1, 0.15) is 0 Å². The molecule has 0 saturated heterocycles. The minimum Gasteiger partial charge on any atom is -0.319 e. The Morgan fingerprint density at radius 1 is 1.09 bits per heavy atom. The number of non-ortho nitro benzene ring substituents is 1. The van der Waals surface area contributed by atoms with E-state index in [4.69, 9.17) is 0 Å². The average Bonchev–Trinajstić information content (AvgIpc) is 3.07. The fraction of sp³-hybridized carbons (Fsp3) is 0.391. The predicted octanol–water partition coefficient (Wildman–Crippen LogP) is 4.19. The molecule has 0 spiro atoms. The SMILES string of the molecule is CC(C)CN(CC(C)C)S(=O)(=O)c1ccc(C(=O)N=c2sc3ccc([N+](=O)[O-])cc3n2C)cc1. The molecular weight excluding hydrogens is 476 g/mol. The van der Waals surface area contributed by atoms with Gasteiger partial charge in [-0.2, -0.15) is 9.30 Å². The lowest BCUT2D eigenvalue weighted by molar-refractivity contribution is -0.384. The Balaban J connectivity index is 1.91. The van der Waals surface area contributed by atoms with E-state index < -0.39 is 20.9 Å². The number of nitro groups is 1. The maximum Gasteiger partial charge on any atom is 0.279 e. The fourth-order valence-corrected chi connectivity index (χ4v) is 6.25. The van der Waals surface area contributed by atoms with Crippen LogP contribution in [0.2, 0.25) is 0 Å². The third kappa shape index (κ3) is 5.60. The van der Waals surface area contributed by atoms with Crippen molar-refractivity contribution in [2.45, 2.75) is 32.6 Å². The van der Waals surface area contributed by atoms with Crippen LogP contribution in [0.5, 0.6) is 0 Å². The Kier molecular flexibility index (Phi) is 7.69. The summed E-state index contributed by atoms with van der Waals surface area (Å²) in [6.07, 6.45) is 0. The Morgan fingerprint density at radius 3 is 2.21 bits per heavy atom. The van der Waals surface area contributed by atoms with E-state index in [2.05, 4.69) is 4.99 Å². The summed E-state index contributed by atoms with van der Waals surface area (Å²) in [6, 6.07) is 10.3. The number of amides is 1. The Bertz CT molecular complexity index is 1380. The number of fused-ring (bicyclic) bond motifs is 1. The molecule has 0 unspecified atom stereocenters. The van der Waals surface area contributed by atoms with Gasteiger partial charge in [-0.3, -0.25) is 14.9 Å². The Hall–Kier alpha value is -2.89. The third-order valence-electron chi connectivity index (χ3n) is 5.08. The highest BCUT2D eigenvalue weighted by Crippen LogP contribution is 2.23. The minimum absolute atomic E-state index is 0.0421. The van der Waals surface area contributed by atoms with Gasteiger partial charge in [0.25, 0.3) is 11.6 Å². The molecule has 1 amide bonds. The second kappa shape index (κ2) is 10.2. The zero-order valence-corrected chi connectivity index (χ0v) is 21.4. The number of thiazole rings is 1. The van der Waals surface area contributed by atoms with Crippen molar-refractivity contribution in [3.05, 3.63) is 62.9 Å². The molecule has 34 heavy (non-hydrogen) atoms. The average molecular weight is 505 g/mol. The maximum atomic E-state index is 13.2. The largest absolute Gasteiger partial charge is 0.319 e. The van der Waals surface area contributed by atoms with Crippen molar-refractivity contribution in [1.82, 2.24) is 8.87 Å². The predicted molar refractivity (Wildman–Crippen MR) is 132 cm³/mol. The summed E-state index contributed by atoms with van der Waals surface area (Å²) in [7, 11) is -2.01. The zero-order chi connectivity index (χ0) is 25.2. The van der Waals surface area contributed by atoms with E-state index in [1.807, 2.05) is 27.7 Å². The van der Waals surface area contributed by atoms with Gasteiger partial charge in [0, 0.05) is 37.8 Å². The van der Waals surface area contributed by atoms with Crippen molar-refractivity contribution in [2.24, 2.45) is 23.9 Å². The van der Waals surface area contributed by atoms with Gasteiger partial charge in [0.2, 0.25) is 10.0 Å². The first-order chi connectivity index (χ1) is 15.9. The van der Waals surface area contributed by atoms with Crippen LogP contribution in [-0.2, 0) is 17.1 Å². The first kappa shape index (κ1) is 25.7. The van der Waals surface area contributed by atoms with E-state index in [1.165, 1.54) is 52.0 Å². The molecule has 0 radical (unpaired) electrons. The van der Waals surface area contributed by atoms with Crippen molar-refractivity contribution in [2.75, 3.05) is 13.1 Å². The molecular formula is C23H28N4O5S2. The fourth-order valence-electron chi connectivity index (χ4n) is 3.49. The number of benzene rings is 2. The van der Waals surface area contributed by atoms with Crippen molar-refractivity contribution in [1.29, 1.82) is 0 Å². The summed E-state index contributed by atoms with van der Waals surface area (Å²) in [5, 5.41) is 11.0. The van der Waals surface area contributed by atoms with Crippen LogP contribution in [0, 0.1) is 22.0 Å². The van der Waals surface area contributed by atoms with Gasteiger partial charge < -0.3 is 4.57 Å². The van der Waals surface area contributed by atoms with E-state index in [0.29, 0.717) is 23.4 Å². The molecule has 0 fully saturated rings. The maximum absolute atomic E-state index is 13.2. The number of carbonyl (C=O) groups is 1. The Morgan fingerprint density at radius 2 is 1.68 bits per heavy atom. The highest BCUT2D eigenvalue weighted by Gasteiger charge is 2.26. The number of nitrogens with zero attached hydrogens (tertiary/aromatic N) is 4. The summed E-state index contributed by atoms with van der Waals surface area (Å²) in [6.45, 7) is 8.71. The van der Waals surface area contributed by atoms with Crippen LogP contribution in [0.3, 0.4) is 0 Å². The molecule has 1 aromatic heterocycles. The van der Waals surface area contributed by atoms with E-state index in [1.54, 1.807) is 17.7 Å². The summed E-state index contributed by atoms with van der Waals surface area (Å²) in [5.41, 5.74) is 0.809. The monoisotopic (exact) mass is 504 g/mol. The normalized spacial score (nSPS) is 12.9. The quantitative estimate of drug-likeness (QED) is 0.337. The second-order valence-corrected chi connectivity index (χ2v) is 11.9. The van der Waals surface area contributed by atoms with Gasteiger partial charge >= 0.3 is 0 Å². The van der Waals surface area contributed by atoms with Crippen molar-refractivity contribution >= 4 is 43.2 Å².